The van der Waals surface area contributed by atoms with E-state index in [0.29, 0.717) is 5.57 Å². The Labute approximate surface area is 109 Å². The van der Waals surface area contributed by atoms with Crippen LogP contribution in [0, 0.1) is 6.92 Å². The fourth-order valence-electron chi connectivity index (χ4n) is 1.91. The molecule has 18 heavy (non-hydrogen) atoms. The van der Waals surface area contributed by atoms with Crippen molar-refractivity contribution in [2.24, 2.45) is 0 Å². The molecule has 0 aliphatic rings. The highest BCUT2D eigenvalue weighted by Crippen LogP contribution is 2.23. The first-order valence-electron chi connectivity index (χ1n) is 6.27. The zero-order valence-corrected chi connectivity index (χ0v) is 11.3. The van der Waals surface area contributed by atoms with Crippen LogP contribution in [0.4, 0.5) is 0 Å². The van der Waals surface area contributed by atoms with E-state index in [1.54, 1.807) is 7.05 Å². The molecule has 1 aromatic rings. The summed E-state index contributed by atoms with van der Waals surface area (Å²) in [5.41, 5.74) is 3.29. The number of aliphatic hydroxyl groups excluding tert-OH is 1. The van der Waals surface area contributed by atoms with Crippen LogP contribution in [-0.4, -0.2) is 18.1 Å². The zero-order chi connectivity index (χ0) is 13.5. The molecule has 0 aliphatic carbocycles. The van der Waals surface area contributed by atoms with Gasteiger partial charge in [-0.2, -0.15) is 0 Å². The van der Waals surface area contributed by atoms with Crippen molar-refractivity contribution in [3.8, 4) is 0 Å². The van der Waals surface area contributed by atoms with E-state index >= 15 is 0 Å². The Balaban J connectivity index is 3.29. The summed E-state index contributed by atoms with van der Waals surface area (Å²) in [7, 11) is 1.62. The molecule has 0 bridgehead atoms. The van der Waals surface area contributed by atoms with Crippen LogP contribution in [-0.2, 0) is 11.4 Å². The fourth-order valence-corrected chi connectivity index (χ4v) is 1.91. The number of rotatable bonds is 5. The normalized spacial score (nSPS) is 11.4. The number of nitrogens with one attached hydrogen (secondary N) is 1. The third kappa shape index (κ3) is 3.20. The topological polar surface area (TPSA) is 49.3 Å². The van der Waals surface area contributed by atoms with E-state index in [-0.39, 0.29) is 12.5 Å². The first-order valence-corrected chi connectivity index (χ1v) is 6.27. The lowest BCUT2D eigenvalue weighted by molar-refractivity contribution is -0.115. The molecule has 0 saturated carbocycles. The number of carbonyl (C=O) groups is 1. The van der Waals surface area contributed by atoms with Crippen LogP contribution >= 0.6 is 0 Å². The number of hydrogen-bond acceptors (Lipinski definition) is 2. The molecule has 0 unspecified atom stereocenters. The molecular formula is C15H21NO2. The van der Waals surface area contributed by atoms with Crippen molar-refractivity contribution in [3.05, 3.63) is 41.0 Å². The number of aliphatic hydroxyl groups is 1. The smallest absolute Gasteiger partial charge is 0.251 e. The molecule has 0 radical (unpaired) electrons. The van der Waals surface area contributed by atoms with Crippen molar-refractivity contribution < 1.29 is 9.90 Å². The lowest BCUT2D eigenvalue weighted by Gasteiger charge is -2.13. The predicted octanol–water partition coefficient (Wildman–Crippen LogP) is 2.42. The first kappa shape index (κ1) is 14.5. The van der Waals surface area contributed by atoms with Gasteiger partial charge in [-0.1, -0.05) is 37.6 Å². The second kappa shape index (κ2) is 6.97. The molecule has 0 fully saturated rings. The summed E-state index contributed by atoms with van der Waals surface area (Å²) in [6, 6.07) is 5.73. The lowest BCUT2D eigenvalue weighted by atomic mass is 9.95. The van der Waals surface area contributed by atoms with Gasteiger partial charge in [0.05, 0.1) is 6.61 Å². The van der Waals surface area contributed by atoms with Crippen molar-refractivity contribution in [1.29, 1.82) is 0 Å². The van der Waals surface area contributed by atoms with E-state index in [9.17, 15) is 9.90 Å². The summed E-state index contributed by atoms with van der Waals surface area (Å²) in [6.45, 7) is 3.96. The van der Waals surface area contributed by atoms with Crippen molar-refractivity contribution in [2.75, 3.05) is 7.05 Å². The molecule has 98 valence electrons. The van der Waals surface area contributed by atoms with Gasteiger partial charge in [0, 0.05) is 12.6 Å². The lowest BCUT2D eigenvalue weighted by Crippen LogP contribution is -2.20. The maximum absolute atomic E-state index is 11.9. The first-order chi connectivity index (χ1) is 8.65. The van der Waals surface area contributed by atoms with Crippen molar-refractivity contribution in [3.63, 3.8) is 0 Å². The van der Waals surface area contributed by atoms with Gasteiger partial charge in [0.25, 0.3) is 5.91 Å². The molecule has 0 atom stereocenters. The van der Waals surface area contributed by atoms with Gasteiger partial charge in [-0.05, 0) is 30.0 Å². The standard InChI is InChI=1S/C15H21NO2/c1-4-5-8-13(15(18)16-3)12-9-6-7-11(2)14(12)10-17/h6-9,17H,4-5,10H2,1-3H3,(H,16,18)/b13-8-. The average Bonchev–Trinajstić information content (AvgIpc) is 2.39. The number of hydrogen-bond donors (Lipinski definition) is 2. The van der Waals surface area contributed by atoms with Crippen molar-refractivity contribution >= 4 is 11.5 Å². The number of unbranched alkanes of at least 4 members (excludes halogenated alkanes) is 1. The Kier molecular flexibility index (Phi) is 5.59. The van der Waals surface area contributed by atoms with Gasteiger partial charge in [0.15, 0.2) is 0 Å². The number of amides is 1. The fraction of sp³-hybridized carbons (Fsp3) is 0.400. The highest BCUT2D eigenvalue weighted by atomic mass is 16.3. The molecule has 1 aromatic carbocycles. The van der Waals surface area contributed by atoms with E-state index in [1.165, 1.54) is 0 Å². The molecule has 1 amide bonds. The molecule has 0 heterocycles. The number of allylic oxidation sites excluding steroid dienone is 1. The van der Waals surface area contributed by atoms with E-state index in [1.807, 2.05) is 31.2 Å². The molecule has 3 nitrogen and oxygen atoms in total. The number of carbonyl (C=O) groups excluding carboxylic acids is 1. The van der Waals surface area contributed by atoms with E-state index < -0.39 is 0 Å². The summed E-state index contributed by atoms with van der Waals surface area (Å²) in [5, 5.41) is 12.1. The average molecular weight is 247 g/mol. The van der Waals surface area contributed by atoms with Gasteiger partial charge in [0.1, 0.15) is 0 Å². The van der Waals surface area contributed by atoms with Crippen LogP contribution in [0.25, 0.3) is 5.57 Å². The van der Waals surface area contributed by atoms with Crippen LogP contribution in [0.1, 0.15) is 36.5 Å². The molecule has 0 aliphatic heterocycles. The Bertz CT molecular complexity index is 450. The third-order valence-corrected chi connectivity index (χ3v) is 2.97. The van der Waals surface area contributed by atoms with Gasteiger partial charge in [-0.25, -0.2) is 0 Å². The highest BCUT2D eigenvalue weighted by molar-refractivity contribution is 6.19. The monoisotopic (exact) mass is 247 g/mol. The highest BCUT2D eigenvalue weighted by Gasteiger charge is 2.14. The van der Waals surface area contributed by atoms with Crippen LogP contribution in [0.5, 0.6) is 0 Å². The van der Waals surface area contributed by atoms with Gasteiger partial charge in [-0.3, -0.25) is 4.79 Å². The molecule has 0 spiro atoms. The van der Waals surface area contributed by atoms with Gasteiger partial charge >= 0.3 is 0 Å². The number of likely N-dealkylation sites (N-methyl/N-ethyl adjacent to an activating group) is 1. The maximum atomic E-state index is 11.9. The van der Waals surface area contributed by atoms with Crippen LogP contribution in [0.15, 0.2) is 24.3 Å². The minimum atomic E-state index is -0.108. The van der Waals surface area contributed by atoms with Gasteiger partial charge in [0.2, 0.25) is 0 Å². The molecular weight excluding hydrogens is 226 g/mol. The minimum absolute atomic E-state index is 0.0531. The van der Waals surface area contributed by atoms with Crippen molar-refractivity contribution in [2.45, 2.75) is 33.3 Å². The summed E-state index contributed by atoms with van der Waals surface area (Å²) in [6.07, 6.45) is 3.77. The predicted molar refractivity (Wildman–Crippen MR) is 74.1 cm³/mol. The number of benzene rings is 1. The molecule has 0 aromatic heterocycles. The molecule has 2 N–H and O–H groups in total. The van der Waals surface area contributed by atoms with E-state index in [2.05, 4.69) is 12.2 Å². The Morgan fingerprint density at radius 1 is 1.44 bits per heavy atom. The second-order valence-electron chi connectivity index (χ2n) is 4.24. The Hall–Kier alpha value is -1.61. The van der Waals surface area contributed by atoms with E-state index in [0.717, 1.165) is 29.5 Å². The van der Waals surface area contributed by atoms with Crippen LogP contribution in [0.3, 0.4) is 0 Å². The maximum Gasteiger partial charge on any atom is 0.251 e. The summed E-state index contributed by atoms with van der Waals surface area (Å²) in [5.74, 6) is -0.108. The van der Waals surface area contributed by atoms with Gasteiger partial charge in [-0.15, -0.1) is 0 Å². The van der Waals surface area contributed by atoms with Crippen molar-refractivity contribution in [1.82, 2.24) is 5.32 Å². The van der Waals surface area contributed by atoms with Crippen LogP contribution in [0.2, 0.25) is 0 Å². The summed E-state index contributed by atoms with van der Waals surface area (Å²) in [4.78, 5) is 11.9. The Morgan fingerprint density at radius 3 is 2.72 bits per heavy atom. The summed E-state index contributed by atoms with van der Waals surface area (Å²) >= 11 is 0. The second-order valence-corrected chi connectivity index (χ2v) is 4.24. The van der Waals surface area contributed by atoms with E-state index in [4.69, 9.17) is 0 Å². The Morgan fingerprint density at radius 2 is 2.17 bits per heavy atom. The van der Waals surface area contributed by atoms with Gasteiger partial charge < -0.3 is 10.4 Å². The SMILES string of the molecule is CCC/C=C(\C(=O)NC)c1cccc(C)c1CO. The quantitative estimate of drug-likeness (QED) is 0.785. The molecule has 0 saturated heterocycles. The molecule has 1 rings (SSSR count). The molecule has 3 heteroatoms. The minimum Gasteiger partial charge on any atom is -0.392 e. The summed E-state index contributed by atoms with van der Waals surface area (Å²) < 4.78 is 0. The largest absolute Gasteiger partial charge is 0.392 e. The number of aryl methyl sites for hydroxylation is 1. The van der Waals surface area contributed by atoms with Crippen LogP contribution < -0.4 is 5.32 Å². The zero-order valence-electron chi connectivity index (χ0n) is 11.3. The third-order valence-electron chi connectivity index (χ3n) is 2.97.